The molecule has 2 rings (SSSR count). The molecule has 0 spiro atoms. The van der Waals surface area contributed by atoms with Crippen LogP contribution in [0.1, 0.15) is 36.5 Å². The molecule has 4 heteroatoms. The standard InChI is InChI=1S/C20H24O2S2/c1-15(2)18-12-8-11-17(13-19(23-3)24(4)21)20(18)22-14-16-9-6-5-7-10-16/h5-13,15H,14H2,1-4H3. The summed E-state index contributed by atoms with van der Waals surface area (Å²) in [5.74, 6) is 1.24. The summed E-state index contributed by atoms with van der Waals surface area (Å²) in [6.07, 6.45) is 5.64. The minimum Gasteiger partial charge on any atom is -0.488 e. The van der Waals surface area contributed by atoms with Crippen LogP contribution in [0.3, 0.4) is 0 Å². The largest absolute Gasteiger partial charge is 0.488 e. The quantitative estimate of drug-likeness (QED) is 0.658. The molecule has 0 saturated carbocycles. The van der Waals surface area contributed by atoms with Gasteiger partial charge in [-0.2, -0.15) is 0 Å². The number of hydrogen-bond acceptors (Lipinski definition) is 3. The number of thioether (sulfide) groups is 1. The lowest BCUT2D eigenvalue weighted by Crippen LogP contribution is -2.02. The third-order valence-electron chi connectivity index (χ3n) is 3.68. The van der Waals surface area contributed by atoms with Crippen LogP contribution in [0.15, 0.2) is 52.8 Å². The topological polar surface area (TPSA) is 26.3 Å². The molecule has 0 N–H and O–H groups in total. The molecule has 0 saturated heterocycles. The first-order valence-electron chi connectivity index (χ1n) is 7.91. The van der Waals surface area contributed by atoms with Gasteiger partial charge in [0.05, 0.1) is 15.0 Å². The Morgan fingerprint density at radius 3 is 2.46 bits per heavy atom. The zero-order valence-electron chi connectivity index (χ0n) is 14.6. The van der Waals surface area contributed by atoms with Crippen LogP contribution in [-0.4, -0.2) is 16.7 Å². The normalized spacial score (nSPS) is 13.1. The van der Waals surface area contributed by atoms with Gasteiger partial charge < -0.3 is 4.74 Å². The molecule has 0 aliphatic rings. The lowest BCUT2D eigenvalue weighted by atomic mass is 9.99. The smallest absolute Gasteiger partial charge is 0.130 e. The summed E-state index contributed by atoms with van der Waals surface area (Å²) in [6, 6.07) is 16.3. The van der Waals surface area contributed by atoms with Crippen molar-refractivity contribution < 1.29 is 8.95 Å². The van der Waals surface area contributed by atoms with E-state index >= 15 is 0 Å². The molecule has 128 valence electrons. The summed E-state index contributed by atoms with van der Waals surface area (Å²) in [7, 11) is -1.00. The molecule has 24 heavy (non-hydrogen) atoms. The van der Waals surface area contributed by atoms with Gasteiger partial charge in [0.15, 0.2) is 0 Å². The van der Waals surface area contributed by atoms with Crippen LogP contribution in [0.25, 0.3) is 6.08 Å². The summed E-state index contributed by atoms with van der Waals surface area (Å²) in [5.41, 5.74) is 3.29. The molecular weight excluding hydrogens is 336 g/mol. The van der Waals surface area contributed by atoms with Crippen LogP contribution in [0.5, 0.6) is 5.75 Å². The highest BCUT2D eigenvalue weighted by Crippen LogP contribution is 2.33. The van der Waals surface area contributed by atoms with Crippen LogP contribution in [0.4, 0.5) is 0 Å². The molecule has 0 radical (unpaired) electrons. The number of benzene rings is 2. The van der Waals surface area contributed by atoms with Crippen molar-refractivity contribution in [2.45, 2.75) is 26.4 Å². The predicted molar refractivity (Wildman–Crippen MR) is 107 cm³/mol. The fraction of sp³-hybridized carbons (Fsp3) is 0.300. The zero-order chi connectivity index (χ0) is 17.5. The monoisotopic (exact) mass is 360 g/mol. The first-order chi connectivity index (χ1) is 11.5. The average molecular weight is 361 g/mol. The number of ether oxygens (including phenoxy) is 1. The Bertz CT molecular complexity index is 722. The summed E-state index contributed by atoms with van der Waals surface area (Å²) in [4.78, 5) is 0. The van der Waals surface area contributed by atoms with Gasteiger partial charge in [-0.25, -0.2) is 0 Å². The van der Waals surface area contributed by atoms with E-state index in [1.807, 2.05) is 42.7 Å². The molecule has 1 unspecified atom stereocenters. The van der Waals surface area contributed by atoms with Crippen molar-refractivity contribution >= 4 is 28.6 Å². The summed E-state index contributed by atoms with van der Waals surface area (Å²) in [5, 5.41) is 0. The number of para-hydroxylation sites is 1. The van der Waals surface area contributed by atoms with E-state index in [2.05, 4.69) is 32.0 Å². The van der Waals surface area contributed by atoms with E-state index in [0.717, 1.165) is 21.1 Å². The van der Waals surface area contributed by atoms with E-state index in [1.54, 1.807) is 6.26 Å². The van der Waals surface area contributed by atoms with Crippen LogP contribution in [0.2, 0.25) is 0 Å². The van der Waals surface area contributed by atoms with E-state index in [4.69, 9.17) is 4.74 Å². The maximum atomic E-state index is 11.9. The van der Waals surface area contributed by atoms with Gasteiger partial charge >= 0.3 is 0 Å². The van der Waals surface area contributed by atoms with Gasteiger partial charge in [0, 0.05) is 11.8 Å². The van der Waals surface area contributed by atoms with E-state index in [1.165, 1.54) is 17.3 Å². The van der Waals surface area contributed by atoms with E-state index < -0.39 is 10.8 Å². The Morgan fingerprint density at radius 2 is 1.88 bits per heavy atom. The Balaban J connectivity index is 2.40. The zero-order valence-corrected chi connectivity index (χ0v) is 16.2. The van der Waals surface area contributed by atoms with Gasteiger partial charge in [-0.3, -0.25) is 4.21 Å². The fourth-order valence-electron chi connectivity index (χ4n) is 2.42. The molecule has 2 aromatic carbocycles. The summed E-state index contributed by atoms with van der Waals surface area (Å²) < 4.78 is 18.9. The van der Waals surface area contributed by atoms with Crippen molar-refractivity contribution in [3.63, 3.8) is 0 Å². The Hall–Kier alpha value is -1.52. The first kappa shape index (κ1) is 18.8. The molecule has 0 aliphatic heterocycles. The Labute approximate surface area is 151 Å². The van der Waals surface area contributed by atoms with E-state index in [0.29, 0.717) is 12.5 Å². The van der Waals surface area contributed by atoms with E-state index in [9.17, 15) is 4.21 Å². The highest BCUT2D eigenvalue weighted by molar-refractivity contribution is 8.16. The van der Waals surface area contributed by atoms with Crippen molar-refractivity contribution in [2.75, 3.05) is 12.5 Å². The molecule has 0 bridgehead atoms. The van der Waals surface area contributed by atoms with Gasteiger partial charge in [0.2, 0.25) is 0 Å². The molecule has 0 aliphatic carbocycles. The van der Waals surface area contributed by atoms with Gasteiger partial charge in [-0.1, -0.05) is 62.4 Å². The second kappa shape index (κ2) is 9.09. The molecule has 1 atom stereocenters. The number of hydrogen-bond donors (Lipinski definition) is 0. The molecule has 2 nitrogen and oxygen atoms in total. The lowest BCUT2D eigenvalue weighted by molar-refractivity contribution is 0.301. The molecule has 0 heterocycles. The minimum absolute atomic E-state index is 0.356. The Morgan fingerprint density at radius 1 is 1.17 bits per heavy atom. The molecular formula is C20H24O2S2. The van der Waals surface area contributed by atoms with Crippen molar-refractivity contribution in [1.29, 1.82) is 0 Å². The maximum absolute atomic E-state index is 11.9. The second-order valence-electron chi connectivity index (χ2n) is 5.82. The minimum atomic E-state index is -1.00. The molecule has 2 aromatic rings. The average Bonchev–Trinajstić information content (AvgIpc) is 2.58. The highest BCUT2D eigenvalue weighted by Gasteiger charge is 2.13. The van der Waals surface area contributed by atoms with Crippen LogP contribution < -0.4 is 4.74 Å². The van der Waals surface area contributed by atoms with Crippen LogP contribution in [0, 0.1) is 0 Å². The Kier molecular flexibility index (Phi) is 7.13. The summed E-state index contributed by atoms with van der Waals surface area (Å²) in [6.45, 7) is 4.84. The number of rotatable bonds is 7. The third kappa shape index (κ3) is 4.99. The third-order valence-corrected chi connectivity index (χ3v) is 6.09. The van der Waals surface area contributed by atoms with Gasteiger partial charge in [0.25, 0.3) is 0 Å². The van der Waals surface area contributed by atoms with Crippen molar-refractivity contribution in [2.24, 2.45) is 0 Å². The van der Waals surface area contributed by atoms with E-state index in [-0.39, 0.29) is 0 Å². The second-order valence-corrected chi connectivity index (χ2v) is 8.27. The van der Waals surface area contributed by atoms with Crippen LogP contribution in [-0.2, 0) is 17.4 Å². The molecule has 0 amide bonds. The van der Waals surface area contributed by atoms with Crippen molar-refractivity contribution in [3.8, 4) is 5.75 Å². The first-order valence-corrected chi connectivity index (χ1v) is 10.7. The van der Waals surface area contributed by atoms with Crippen molar-refractivity contribution in [1.82, 2.24) is 0 Å². The SMILES string of the molecule is CSC(=Cc1cccc(C(C)C)c1OCc1ccccc1)S(C)=O. The molecule has 0 aromatic heterocycles. The van der Waals surface area contributed by atoms with Crippen molar-refractivity contribution in [3.05, 3.63) is 69.5 Å². The predicted octanol–water partition coefficient (Wildman–Crippen LogP) is 5.43. The van der Waals surface area contributed by atoms with Gasteiger partial charge in [0.1, 0.15) is 12.4 Å². The van der Waals surface area contributed by atoms with Gasteiger partial charge in [-0.15, -0.1) is 11.8 Å². The van der Waals surface area contributed by atoms with Gasteiger partial charge in [-0.05, 0) is 29.4 Å². The fourth-order valence-corrected chi connectivity index (χ4v) is 3.90. The molecule has 0 fully saturated rings. The lowest BCUT2D eigenvalue weighted by Gasteiger charge is -2.17. The maximum Gasteiger partial charge on any atom is 0.130 e. The summed E-state index contributed by atoms with van der Waals surface area (Å²) >= 11 is 1.52. The van der Waals surface area contributed by atoms with Crippen LogP contribution >= 0.6 is 11.8 Å². The highest BCUT2D eigenvalue weighted by atomic mass is 32.2.